The van der Waals surface area contributed by atoms with Gasteiger partial charge in [0, 0.05) is 6.04 Å². The second-order valence-corrected chi connectivity index (χ2v) is 7.57. The Labute approximate surface area is 109 Å². The standard InChI is InChI=1S/C14H21NO2S/c1-10-6-7-14(8-11(10)2)18(16,17)13-5-3-4-12(15)9-13/h6-8,12-13H,3-5,9,15H2,1-2H3. The van der Waals surface area contributed by atoms with Crippen molar-refractivity contribution in [3.05, 3.63) is 29.3 Å². The van der Waals surface area contributed by atoms with Crippen LogP contribution in [0.15, 0.2) is 23.1 Å². The number of nitrogens with two attached hydrogens (primary N) is 1. The first-order valence-electron chi connectivity index (χ1n) is 6.48. The molecular formula is C14H21NO2S. The van der Waals surface area contributed by atoms with Crippen molar-refractivity contribution in [1.29, 1.82) is 0 Å². The van der Waals surface area contributed by atoms with E-state index in [1.807, 2.05) is 19.9 Å². The van der Waals surface area contributed by atoms with Gasteiger partial charge in [-0.1, -0.05) is 12.5 Å². The Morgan fingerprint density at radius 1 is 1.17 bits per heavy atom. The van der Waals surface area contributed by atoms with Gasteiger partial charge >= 0.3 is 0 Å². The predicted molar refractivity (Wildman–Crippen MR) is 73.3 cm³/mol. The molecule has 0 bridgehead atoms. The molecule has 1 aliphatic rings. The summed E-state index contributed by atoms with van der Waals surface area (Å²) in [5, 5.41) is -0.302. The van der Waals surface area contributed by atoms with Crippen molar-refractivity contribution in [2.75, 3.05) is 0 Å². The average molecular weight is 267 g/mol. The molecule has 1 aromatic carbocycles. The highest BCUT2D eigenvalue weighted by molar-refractivity contribution is 7.92. The normalized spacial score (nSPS) is 25.1. The molecule has 18 heavy (non-hydrogen) atoms. The smallest absolute Gasteiger partial charge is 0.181 e. The third kappa shape index (κ3) is 2.59. The van der Waals surface area contributed by atoms with Crippen LogP contribution >= 0.6 is 0 Å². The van der Waals surface area contributed by atoms with E-state index in [4.69, 9.17) is 5.73 Å². The summed E-state index contributed by atoms with van der Waals surface area (Å²) in [4.78, 5) is 0.449. The van der Waals surface area contributed by atoms with E-state index in [9.17, 15) is 8.42 Å². The third-order valence-corrected chi connectivity index (χ3v) is 6.13. The second-order valence-electron chi connectivity index (χ2n) is 5.34. The third-order valence-electron chi connectivity index (χ3n) is 3.91. The van der Waals surface area contributed by atoms with E-state index >= 15 is 0 Å². The maximum atomic E-state index is 12.5. The fourth-order valence-corrected chi connectivity index (χ4v) is 4.51. The van der Waals surface area contributed by atoms with Gasteiger partial charge in [-0.15, -0.1) is 0 Å². The zero-order chi connectivity index (χ0) is 13.3. The molecule has 0 radical (unpaired) electrons. The van der Waals surface area contributed by atoms with Gasteiger partial charge in [0.1, 0.15) is 0 Å². The lowest BCUT2D eigenvalue weighted by Gasteiger charge is -2.26. The largest absolute Gasteiger partial charge is 0.328 e. The molecule has 1 aromatic rings. The summed E-state index contributed by atoms with van der Waals surface area (Å²) < 4.78 is 25.1. The van der Waals surface area contributed by atoms with Crippen LogP contribution < -0.4 is 5.73 Å². The fourth-order valence-electron chi connectivity index (χ4n) is 2.55. The maximum absolute atomic E-state index is 12.5. The molecule has 1 aliphatic carbocycles. The molecular weight excluding hydrogens is 246 g/mol. The van der Waals surface area contributed by atoms with E-state index < -0.39 is 9.84 Å². The van der Waals surface area contributed by atoms with Crippen LogP contribution in [-0.4, -0.2) is 19.7 Å². The summed E-state index contributed by atoms with van der Waals surface area (Å²) in [5.74, 6) is 0. The van der Waals surface area contributed by atoms with E-state index in [0.717, 1.165) is 30.4 Å². The molecule has 1 fully saturated rings. The van der Waals surface area contributed by atoms with Gasteiger partial charge < -0.3 is 5.73 Å². The quantitative estimate of drug-likeness (QED) is 0.894. The zero-order valence-electron chi connectivity index (χ0n) is 11.0. The number of hydrogen-bond donors (Lipinski definition) is 1. The minimum Gasteiger partial charge on any atom is -0.328 e. The number of sulfone groups is 1. The highest BCUT2D eigenvalue weighted by Crippen LogP contribution is 2.28. The number of aryl methyl sites for hydroxylation is 2. The molecule has 0 aliphatic heterocycles. The minimum atomic E-state index is -3.21. The van der Waals surface area contributed by atoms with Gasteiger partial charge in [0.15, 0.2) is 9.84 Å². The van der Waals surface area contributed by atoms with Gasteiger partial charge in [0.2, 0.25) is 0 Å². The molecule has 2 unspecified atom stereocenters. The molecule has 0 spiro atoms. The van der Waals surface area contributed by atoms with Gasteiger partial charge in [-0.05, 0) is 56.4 Å². The van der Waals surface area contributed by atoms with Crippen LogP contribution in [0.3, 0.4) is 0 Å². The Hall–Kier alpha value is -0.870. The summed E-state index contributed by atoms with van der Waals surface area (Å²) in [6.07, 6.45) is 3.19. The topological polar surface area (TPSA) is 60.2 Å². The summed E-state index contributed by atoms with van der Waals surface area (Å²) in [5.41, 5.74) is 8.03. The van der Waals surface area contributed by atoms with E-state index in [0.29, 0.717) is 11.3 Å². The summed E-state index contributed by atoms with van der Waals surface area (Å²) in [7, 11) is -3.21. The van der Waals surface area contributed by atoms with E-state index in [-0.39, 0.29) is 11.3 Å². The minimum absolute atomic E-state index is 0.0325. The van der Waals surface area contributed by atoms with Gasteiger partial charge in [0.05, 0.1) is 10.1 Å². The Balaban J connectivity index is 2.32. The van der Waals surface area contributed by atoms with Crippen LogP contribution in [0.5, 0.6) is 0 Å². The van der Waals surface area contributed by atoms with Gasteiger partial charge in [0.25, 0.3) is 0 Å². The first-order chi connectivity index (χ1) is 8.41. The van der Waals surface area contributed by atoms with Crippen LogP contribution in [0.4, 0.5) is 0 Å². The molecule has 2 rings (SSSR count). The SMILES string of the molecule is Cc1ccc(S(=O)(=O)C2CCCC(N)C2)cc1C. The zero-order valence-corrected chi connectivity index (χ0v) is 11.8. The molecule has 4 heteroatoms. The molecule has 1 saturated carbocycles. The van der Waals surface area contributed by atoms with Crippen molar-refractivity contribution in [3.8, 4) is 0 Å². The van der Waals surface area contributed by atoms with Crippen LogP contribution in [0.25, 0.3) is 0 Å². The number of rotatable bonds is 2. The van der Waals surface area contributed by atoms with E-state index in [2.05, 4.69) is 0 Å². The number of benzene rings is 1. The van der Waals surface area contributed by atoms with Gasteiger partial charge in [-0.25, -0.2) is 8.42 Å². The van der Waals surface area contributed by atoms with Crippen LogP contribution in [0.1, 0.15) is 36.8 Å². The second kappa shape index (κ2) is 5.02. The first kappa shape index (κ1) is 13.6. The Morgan fingerprint density at radius 2 is 1.89 bits per heavy atom. The monoisotopic (exact) mass is 267 g/mol. The van der Waals surface area contributed by atoms with Crippen molar-refractivity contribution in [1.82, 2.24) is 0 Å². The van der Waals surface area contributed by atoms with Crippen LogP contribution in [-0.2, 0) is 9.84 Å². The molecule has 3 nitrogen and oxygen atoms in total. The number of hydrogen-bond acceptors (Lipinski definition) is 3. The van der Waals surface area contributed by atoms with E-state index in [1.54, 1.807) is 12.1 Å². The fraction of sp³-hybridized carbons (Fsp3) is 0.571. The molecule has 0 aromatic heterocycles. The molecule has 0 amide bonds. The van der Waals surface area contributed by atoms with Crippen LogP contribution in [0.2, 0.25) is 0 Å². The lowest BCUT2D eigenvalue weighted by molar-refractivity contribution is 0.433. The van der Waals surface area contributed by atoms with Crippen molar-refractivity contribution in [2.24, 2.45) is 5.73 Å². The Kier molecular flexibility index (Phi) is 3.78. The van der Waals surface area contributed by atoms with Crippen molar-refractivity contribution in [2.45, 2.75) is 55.7 Å². The summed E-state index contributed by atoms with van der Waals surface area (Å²) >= 11 is 0. The summed E-state index contributed by atoms with van der Waals surface area (Å²) in [6.45, 7) is 3.93. The first-order valence-corrected chi connectivity index (χ1v) is 8.02. The Morgan fingerprint density at radius 3 is 2.50 bits per heavy atom. The van der Waals surface area contributed by atoms with Gasteiger partial charge in [-0.2, -0.15) is 0 Å². The molecule has 2 N–H and O–H groups in total. The lowest BCUT2D eigenvalue weighted by Crippen LogP contribution is -2.35. The van der Waals surface area contributed by atoms with Crippen molar-refractivity contribution in [3.63, 3.8) is 0 Å². The van der Waals surface area contributed by atoms with Gasteiger partial charge in [-0.3, -0.25) is 0 Å². The summed E-state index contributed by atoms with van der Waals surface area (Å²) in [6, 6.07) is 5.41. The molecule has 0 heterocycles. The Bertz CT molecular complexity index is 537. The molecule has 100 valence electrons. The maximum Gasteiger partial charge on any atom is 0.181 e. The van der Waals surface area contributed by atoms with Crippen molar-refractivity contribution >= 4 is 9.84 Å². The lowest BCUT2D eigenvalue weighted by atomic mass is 9.96. The van der Waals surface area contributed by atoms with E-state index in [1.165, 1.54) is 0 Å². The highest BCUT2D eigenvalue weighted by atomic mass is 32.2. The molecule has 2 atom stereocenters. The highest BCUT2D eigenvalue weighted by Gasteiger charge is 2.31. The average Bonchev–Trinajstić information content (AvgIpc) is 2.32. The molecule has 0 saturated heterocycles. The van der Waals surface area contributed by atoms with Crippen LogP contribution in [0, 0.1) is 13.8 Å². The predicted octanol–water partition coefficient (Wildman–Crippen LogP) is 2.35. The van der Waals surface area contributed by atoms with Crippen molar-refractivity contribution < 1.29 is 8.42 Å².